The van der Waals surface area contributed by atoms with Crippen LogP contribution in [0.4, 0.5) is 0 Å². The SMILES string of the molecule is O=CCC(NC(C(=O)O)C(CC=O)C(=O)O)C(=O)O. The van der Waals surface area contributed by atoms with Crippen LogP contribution in [-0.2, 0) is 24.0 Å². The first kappa shape index (κ1) is 16.7. The second kappa shape index (κ2) is 7.93. The summed E-state index contributed by atoms with van der Waals surface area (Å²) in [6, 6.07) is -3.32. The van der Waals surface area contributed by atoms with Gasteiger partial charge in [-0.3, -0.25) is 19.7 Å². The zero-order chi connectivity index (χ0) is 15.0. The molecule has 0 fully saturated rings. The van der Waals surface area contributed by atoms with Crippen LogP contribution < -0.4 is 5.32 Å². The quantitative estimate of drug-likeness (QED) is 0.343. The van der Waals surface area contributed by atoms with E-state index >= 15 is 0 Å². The van der Waals surface area contributed by atoms with Crippen LogP contribution in [0.5, 0.6) is 0 Å². The van der Waals surface area contributed by atoms with E-state index in [4.69, 9.17) is 15.3 Å². The van der Waals surface area contributed by atoms with Gasteiger partial charge in [0, 0.05) is 12.8 Å². The molecule has 0 aromatic heterocycles. The summed E-state index contributed by atoms with van der Waals surface area (Å²) in [6.07, 6.45) is -0.620. The van der Waals surface area contributed by atoms with Gasteiger partial charge in [0.15, 0.2) is 0 Å². The molecular formula is C10H13NO8. The van der Waals surface area contributed by atoms with Gasteiger partial charge in [-0.1, -0.05) is 0 Å². The van der Waals surface area contributed by atoms with E-state index < -0.39 is 48.8 Å². The summed E-state index contributed by atoms with van der Waals surface area (Å²) in [5.74, 6) is -6.29. The van der Waals surface area contributed by atoms with Gasteiger partial charge >= 0.3 is 17.9 Å². The number of aldehydes is 2. The number of rotatable bonds is 10. The largest absolute Gasteiger partial charge is 0.481 e. The molecule has 0 saturated heterocycles. The van der Waals surface area contributed by atoms with Crippen molar-refractivity contribution in [1.29, 1.82) is 0 Å². The minimum atomic E-state index is -1.79. The summed E-state index contributed by atoms with van der Waals surface area (Å²) >= 11 is 0. The fraction of sp³-hybridized carbons (Fsp3) is 0.500. The van der Waals surface area contributed by atoms with Crippen LogP contribution in [0.1, 0.15) is 12.8 Å². The summed E-state index contributed by atoms with van der Waals surface area (Å²) in [4.78, 5) is 53.2. The molecule has 3 unspecified atom stereocenters. The average molecular weight is 275 g/mol. The van der Waals surface area contributed by atoms with E-state index in [0.717, 1.165) is 0 Å². The van der Waals surface area contributed by atoms with E-state index in [-0.39, 0.29) is 12.6 Å². The number of carboxylic acid groups (broad SMARTS) is 3. The predicted octanol–water partition coefficient (Wildman–Crippen LogP) is -1.64. The molecule has 19 heavy (non-hydrogen) atoms. The molecule has 106 valence electrons. The molecule has 9 nitrogen and oxygen atoms in total. The van der Waals surface area contributed by atoms with Crippen molar-refractivity contribution in [2.24, 2.45) is 5.92 Å². The van der Waals surface area contributed by atoms with E-state index in [0.29, 0.717) is 0 Å². The van der Waals surface area contributed by atoms with Crippen LogP contribution in [0.3, 0.4) is 0 Å². The first-order valence-electron chi connectivity index (χ1n) is 5.16. The lowest BCUT2D eigenvalue weighted by Crippen LogP contribution is -2.52. The second-order valence-electron chi connectivity index (χ2n) is 3.62. The van der Waals surface area contributed by atoms with Crippen molar-refractivity contribution in [1.82, 2.24) is 5.32 Å². The number of nitrogens with one attached hydrogen (secondary N) is 1. The maximum Gasteiger partial charge on any atom is 0.321 e. The Labute approximate surface area is 107 Å². The summed E-state index contributed by atoms with van der Waals surface area (Å²) in [7, 11) is 0. The first-order valence-corrected chi connectivity index (χ1v) is 5.16. The van der Waals surface area contributed by atoms with Gasteiger partial charge in [-0.2, -0.15) is 0 Å². The van der Waals surface area contributed by atoms with Gasteiger partial charge in [0.05, 0.1) is 5.92 Å². The molecular weight excluding hydrogens is 262 g/mol. The van der Waals surface area contributed by atoms with Gasteiger partial charge in [0.25, 0.3) is 0 Å². The fourth-order valence-electron chi connectivity index (χ4n) is 1.40. The molecule has 0 spiro atoms. The highest BCUT2D eigenvalue weighted by atomic mass is 16.4. The van der Waals surface area contributed by atoms with Gasteiger partial charge in [-0.15, -0.1) is 0 Å². The lowest BCUT2D eigenvalue weighted by atomic mass is 9.95. The molecule has 9 heteroatoms. The van der Waals surface area contributed by atoms with Crippen molar-refractivity contribution in [3.8, 4) is 0 Å². The Balaban J connectivity index is 5.12. The molecule has 0 heterocycles. The molecule has 0 amide bonds. The fourth-order valence-corrected chi connectivity index (χ4v) is 1.40. The lowest BCUT2D eigenvalue weighted by Gasteiger charge is -2.23. The van der Waals surface area contributed by atoms with Crippen molar-refractivity contribution in [2.45, 2.75) is 24.9 Å². The molecule has 0 aromatic rings. The third-order valence-corrected chi connectivity index (χ3v) is 2.35. The topological polar surface area (TPSA) is 158 Å². The Morgan fingerprint density at radius 2 is 1.42 bits per heavy atom. The number of aliphatic carboxylic acids is 3. The van der Waals surface area contributed by atoms with Crippen LogP contribution in [0.15, 0.2) is 0 Å². The summed E-state index contributed by atoms with van der Waals surface area (Å²) in [5, 5.41) is 28.5. The number of carbonyl (C=O) groups is 5. The van der Waals surface area contributed by atoms with Gasteiger partial charge in [-0.05, 0) is 0 Å². The molecule has 0 rings (SSSR count). The number of carbonyl (C=O) groups excluding carboxylic acids is 2. The monoisotopic (exact) mass is 275 g/mol. The van der Waals surface area contributed by atoms with Crippen LogP contribution in [-0.4, -0.2) is 57.9 Å². The maximum atomic E-state index is 11.0. The van der Waals surface area contributed by atoms with Crippen molar-refractivity contribution >= 4 is 30.5 Å². The van der Waals surface area contributed by atoms with Crippen molar-refractivity contribution < 1.29 is 39.3 Å². The Morgan fingerprint density at radius 3 is 1.74 bits per heavy atom. The standard InChI is InChI=1S/C10H13NO8/c12-3-1-5(8(14)15)7(10(18)19)11-6(2-4-13)9(16)17/h3-7,11H,1-2H2,(H,14,15)(H,16,17)(H,18,19). The number of carboxylic acids is 3. The van der Waals surface area contributed by atoms with E-state index in [1.807, 2.05) is 0 Å². The number of hydrogen-bond donors (Lipinski definition) is 4. The highest BCUT2D eigenvalue weighted by Gasteiger charge is 2.36. The molecule has 0 aliphatic carbocycles. The summed E-state index contributed by atoms with van der Waals surface area (Å²) in [6.45, 7) is 0. The van der Waals surface area contributed by atoms with Crippen molar-refractivity contribution in [3.63, 3.8) is 0 Å². The van der Waals surface area contributed by atoms with Gasteiger partial charge in [-0.25, -0.2) is 0 Å². The van der Waals surface area contributed by atoms with Gasteiger partial charge < -0.3 is 24.9 Å². The molecule has 3 atom stereocenters. The van der Waals surface area contributed by atoms with Crippen molar-refractivity contribution in [2.75, 3.05) is 0 Å². The van der Waals surface area contributed by atoms with Crippen LogP contribution in [0, 0.1) is 5.92 Å². The number of hydrogen-bond acceptors (Lipinski definition) is 6. The van der Waals surface area contributed by atoms with Crippen LogP contribution >= 0.6 is 0 Å². The van der Waals surface area contributed by atoms with Crippen molar-refractivity contribution in [3.05, 3.63) is 0 Å². The zero-order valence-corrected chi connectivity index (χ0v) is 9.68. The molecule has 0 aromatic carbocycles. The maximum absolute atomic E-state index is 11.0. The zero-order valence-electron chi connectivity index (χ0n) is 9.68. The van der Waals surface area contributed by atoms with E-state index in [1.54, 1.807) is 0 Å². The lowest BCUT2D eigenvalue weighted by molar-refractivity contribution is -0.153. The Kier molecular flexibility index (Phi) is 6.97. The van der Waals surface area contributed by atoms with E-state index in [1.165, 1.54) is 0 Å². The van der Waals surface area contributed by atoms with Crippen LogP contribution in [0.2, 0.25) is 0 Å². The Bertz CT molecular complexity index is 380. The molecule has 0 aliphatic rings. The Hall–Kier alpha value is -2.29. The van der Waals surface area contributed by atoms with Gasteiger partial charge in [0.1, 0.15) is 24.7 Å². The minimum absolute atomic E-state index is 0.228. The first-order chi connectivity index (χ1) is 8.84. The molecule has 0 aliphatic heterocycles. The van der Waals surface area contributed by atoms with E-state index in [9.17, 15) is 24.0 Å². The summed E-state index contributed by atoms with van der Waals surface area (Å²) < 4.78 is 0. The minimum Gasteiger partial charge on any atom is -0.481 e. The summed E-state index contributed by atoms with van der Waals surface area (Å²) in [5.41, 5.74) is 0. The van der Waals surface area contributed by atoms with Gasteiger partial charge in [0.2, 0.25) is 0 Å². The smallest absolute Gasteiger partial charge is 0.321 e. The third-order valence-electron chi connectivity index (χ3n) is 2.35. The Morgan fingerprint density at radius 1 is 0.895 bits per heavy atom. The highest BCUT2D eigenvalue weighted by Crippen LogP contribution is 2.10. The van der Waals surface area contributed by atoms with Crippen LogP contribution in [0.25, 0.3) is 0 Å². The molecule has 0 bridgehead atoms. The average Bonchev–Trinajstić information content (AvgIpc) is 2.31. The van der Waals surface area contributed by atoms with E-state index in [2.05, 4.69) is 5.32 Å². The second-order valence-corrected chi connectivity index (χ2v) is 3.62. The third kappa shape index (κ3) is 5.25. The highest BCUT2D eigenvalue weighted by molar-refractivity contribution is 5.85. The predicted molar refractivity (Wildman–Crippen MR) is 58.5 cm³/mol. The normalized spacial score (nSPS) is 14.9. The molecule has 0 saturated carbocycles. The molecule has 0 radical (unpaired) electrons. The molecule has 4 N–H and O–H groups in total.